The quantitative estimate of drug-likeness (QED) is 0.790. The molecule has 4 heteroatoms. The Labute approximate surface area is 96.7 Å². The normalized spacial score (nSPS) is 23.2. The lowest BCUT2D eigenvalue weighted by atomic mass is 9.91. The summed E-state index contributed by atoms with van der Waals surface area (Å²) >= 11 is 0. The highest BCUT2D eigenvalue weighted by atomic mass is 16.3. The van der Waals surface area contributed by atoms with E-state index in [4.69, 9.17) is 0 Å². The van der Waals surface area contributed by atoms with Crippen LogP contribution in [0.1, 0.15) is 25.0 Å². The van der Waals surface area contributed by atoms with Gasteiger partial charge >= 0.3 is 0 Å². The van der Waals surface area contributed by atoms with Crippen LogP contribution in [0.15, 0.2) is 12.3 Å². The van der Waals surface area contributed by atoms with Crippen molar-refractivity contribution >= 4 is 0 Å². The molecule has 2 unspecified atom stereocenters. The molecule has 1 aliphatic rings. The van der Waals surface area contributed by atoms with E-state index >= 15 is 0 Å². The van der Waals surface area contributed by atoms with Crippen LogP contribution in [0.2, 0.25) is 0 Å². The summed E-state index contributed by atoms with van der Waals surface area (Å²) in [6, 6.07) is 2.02. The number of hydrogen-bond donors (Lipinski definition) is 2. The summed E-state index contributed by atoms with van der Waals surface area (Å²) in [7, 11) is 1.95. The summed E-state index contributed by atoms with van der Waals surface area (Å²) < 4.78 is 1.88. The van der Waals surface area contributed by atoms with Gasteiger partial charge in [-0.2, -0.15) is 5.10 Å². The molecular formula is C12H21N3O. The molecule has 0 saturated carbocycles. The van der Waals surface area contributed by atoms with Gasteiger partial charge in [-0.3, -0.25) is 4.68 Å². The van der Waals surface area contributed by atoms with Gasteiger partial charge in [0.05, 0.1) is 6.10 Å². The standard InChI is InChI=1S/C12H21N3O/c1-15-11(6-8-14-15)4-5-12(16)10-3-2-7-13-9-10/h6,8,10,12-13,16H,2-5,7,9H2,1H3. The first-order valence-electron chi connectivity index (χ1n) is 6.13. The summed E-state index contributed by atoms with van der Waals surface area (Å²) in [6.45, 7) is 2.07. The highest BCUT2D eigenvalue weighted by molar-refractivity contribution is 5.00. The minimum atomic E-state index is -0.178. The maximum Gasteiger partial charge on any atom is 0.0584 e. The molecule has 2 heterocycles. The van der Waals surface area contributed by atoms with Gasteiger partial charge in [0.1, 0.15) is 0 Å². The Hall–Kier alpha value is -0.870. The third-order valence-corrected chi connectivity index (χ3v) is 3.50. The zero-order chi connectivity index (χ0) is 11.4. The van der Waals surface area contributed by atoms with Crippen LogP contribution in [-0.2, 0) is 13.5 Å². The third kappa shape index (κ3) is 2.83. The Kier molecular flexibility index (Phi) is 3.96. The minimum absolute atomic E-state index is 0.178. The summed E-state index contributed by atoms with van der Waals surface area (Å²) in [6.07, 6.45) is 5.72. The Morgan fingerprint density at radius 3 is 3.19 bits per heavy atom. The topological polar surface area (TPSA) is 50.1 Å². The van der Waals surface area contributed by atoms with Crippen molar-refractivity contribution in [1.82, 2.24) is 15.1 Å². The number of piperidine rings is 1. The summed E-state index contributed by atoms with van der Waals surface area (Å²) in [5.74, 6) is 0.432. The summed E-state index contributed by atoms with van der Waals surface area (Å²) in [5.41, 5.74) is 1.20. The van der Waals surface area contributed by atoms with Gasteiger partial charge < -0.3 is 10.4 Å². The molecular weight excluding hydrogens is 202 g/mol. The van der Waals surface area contributed by atoms with E-state index in [2.05, 4.69) is 10.4 Å². The molecule has 2 N–H and O–H groups in total. The lowest BCUT2D eigenvalue weighted by Gasteiger charge is -2.27. The van der Waals surface area contributed by atoms with Gasteiger partial charge in [-0.1, -0.05) is 0 Å². The second-order valence-corrected chi connectivity index (χ2v) is 4.66. The molecule has 0 aliphatic carbocycles. The first-order valence-corrected chi connectivity index (χ1v) is 6.13. The smallest absolute Gasteiger partial charge is 0.0584 e. The largest absolute Gasteiger partial charge is 0.393 e. The zero-order valence-electron chi connectivity index (χ0n) is 9.89. The van der Waals surface area contributed by atoms with Crippen LogP contribution >= 0.6 is 0 Å². The average molecular weight is 223 g/mol. The predicted octanol–water partition coefficient (Wildman–Crippen LogP) is 0.713. The van der Waals surface area contributed by atoms with Crippen LogP contribution < -0.4 is 5.32 Å². The van der Waals surface area contributed by atoms with Crippen LogP contribution in [0.25, 0.3) is 0 Å². The van der Waals surface area contributed by atoms with E-state index in [0.29, 0.717) is 5.92 Å². The Morgan fingerprint density at radius 1 is 1.69 bits per heavy atom. The van der Waals surface area contributed by atoms with Crippen LogP contribution in [0.3, 0.4) is 0 Å². The van der Waals surface area contributed by atoms with Crippen LogP contribution in [0.5, 0.6) is 0 Å². The maximum absolute atomic E-state index is 10.1. The molecule has 2 rings (SSSR count). The molecule has 0 aromatic carbocycles. The van der Waals surface area contributed by atoms with Crippen LogP contribution in [0.4, 0.5) is 0 Å². The molecule has 1 aliphatic heterocycles. The number of nitrogens with one attached hydrogen (secondary N) is 1. The molecule has 0 bridgehead atoms. The fourth-order valence-electron chi connectivity index (χ4n) is 2.39. The number of nitrogens with zero attached hydrogens (tertiary/aromatic N) is 2. The highest BCUT2D eigenvalue weighted by Crippen LogP contribution is 2.18. The second-order valence-electron chi connectivity index (χ2n) is 4.66. The average Bonchev–Trinajstić information content (AvgIpc) is 2.73. The molecule has 1 aromatic heterocycles. The molecule has 2 atom stereocenters. The molecule has 4 nitrogen and oxygen atoms in total. The monoisotopic (exact) mass is 223 g/mol. The van der Waals surface area contributed by atoms with Crippen molar-refractivity contribution in [3.63, 3.8) is 0 Å². The number of aliphatic hydroxyl groups is 1. The van der Waals surface area contributed by atoms with E-state index in [1.165, 1.54) is 12.1 Å². The molecule has 90 valence electrons. The van der Waals surface area contributed by atoms with E-state index in [-0.39, 0.29) is 6.10 Å². The Balaban J connectivity index is 1.78. The third-order valence-electron chi connectivity index (χ3n) is 3.50. The van der Waals surface area contributed by atoms with Crippen molar-refractivity contribution in [2.45, 2.75) is 31.8 Å². The van der Waals surface area contributed by atoms with Crippen LogP contribution in [-0.4, -0.2) is 34.1 Å². The van der Waals surface area contributed by atoms with Gasteiger partial charge in [0, 0.05) is 25.5 Å². The molecule has 0 spiro atoms. The number of aromatic nitrogens is 2. The van der Waals surface area contributed by atoms with Gasteiger partial charge in [0.25, 0.3) is 0 Å². The molecule has 0 amide bonds. The highest BCUT2D eigenvalue weighted by Gasteiger charge is 2.21. The fourth-order valence-corrected chi connectivity index (χ4v) is 2.39. The van der Waals surface area contributed by atoms with Crippen molar-refractivity contribution in [2.24, 2.45) is 13.0 Å². The number of aliphatic hydroxyl groups excluding tert-OH is 1. The Morgan fingerprint density at radius 2 is 2.56 bits per heavy atom. The first-order chi connectivity index (χ1) is 7.77. The van der Waals surface area contributed by atoms with Crippen molar-refractivity contribution in [3.8, 4) is 0 Å². The number of rotatable bonds is 4. The van der Waals surface area contributed by atoms with Gasteiger partial charge in [-0.15, -0.1) is 0 Å². The summed E-state index contributed by atoms with van der Waals surface area (Å²) in [4.78, 5) is 0. The van der Waals surface area contributed by atoms with E-state index < -0.39 is 0 Å². The molecule has 1 saturated heterocycles. The van der Waals surface area contributed by atoms with Crippen LogP contribution in [0, 0.1) is 5.92 Å². The SMILES string of the molecule is Cn1nccc1CCC(O)C1CCCNC1. The van der Waals surface area contributed by atoms with Crippen molar-refractivity contribution in [2.75, 3.05) is 13.1 Å². The molecule has 0 radical (unpaired) electrons. The number of hydrogen-bond acceptors (Lipinski definition) is 3. The molecule has 16 heavy (non-hydrogen) atoms. The Bertz CT molecular complexity index is 318. The van der Waals surface area contributed by atoms with E-state index in [9.17, 15) is 5.11 Å². The lowest BCUT2D eigenvalue weighted by molar-refractivity contribution is 0.0840. The predicted molar refractivity (Wildman–Crippen MR) is 63.1 cm³/mol. The fraction of sp³-hybridized carbons (Fsp3) is 0.750. The minimum Gasteiger partial charge on any atom is -0.393 e. The van der Waals surface area contributed by atoms with E-state index in [0.717, 1.165) is 32.4 Å². The number of aryl methyl sites for hydroxylation is 2. The van der Waals surface area contributed by atoms with Gasteiger partial charge in [0.2, 0.25) is 0 Å². The molecule has 1 fully saturated rings. The van der Waals surface area contributed by atoms with Gasteiger partial charge in [-0.25, -0.2) is 0 Å². The van der Waals surface area contributed by atoms with Crippen molar-refractivity contribution in [1.29, 1.82) is 0 Å². The zero-order valence-corrected chi connectivity index (χ0v) is 9.89. The molecule has 1 aromatic rings. The lowest BCUT2D eigenvalue weighted by Crippen LogP contribution is -2.36. The van der Waals surface area contributed by atoms with Gasteiger partial charge in [-0.05, 0) is 44.2 Å². The van der Waals surface area contributed by atoms with Crippen molar-refractivity contribution in [3.05, 3.63) is 18.0 Å². The van der Waals surface area contributed by atoms with E-state index in [1.54, 1.807) is 0 Å². The maximum atomic E-state index is 10.1. The van der Waals surface area contributed by atoms with E-state index in [1.807, 2.05) is 24.0 Å². The first kappa shape index (κ1) is 11.6. The van der Waals surface area contributed by atoms with Crippen molar-refractivity contribution < 1.29 is 5.11 Å². The van der Waals surface area contributed by atoms with Gasteiger partial charge in [0.15, 0.2) is 0 Å². The summed E-state index contributed by atoms with van der Waals surface area (Å²) in [5, 5.41) is 17.6. The second kappa shape index (κ2) is 5.46.